The van der Waals surface area contributed by atoms with Crippen molar-refractivity contribution in [2.75, 3.05) is 5.75 Å². The lowest BCUT2D eigenvalue weighted by molar-refractivity contribution is -0.119. The Bertz CT molecular complexity index is 806. The zero-order chi connectivity index (χ0) is 17.0. The zero-order valence-corrected chi connectivity index (χ0v) is 13.9. The molecule has 2 aromatic rings. The summed E-state index contributed by atoms with van der Waals surface area (Å²) in [5.41, 5.74) is 0.296. The molecule has 23 heavy (non-hydrogen) atoms. The highest BCUT2D eigenvalue weighted by Crippen LogP contribution is 2.18. The van der Waals surface area contributed by atoms with E-state index in [2.05, 4.69) is 5.32 Å². The first-order chi connectivity index (χ1) is 10.8. The van der Waals surface area contributed by atoms with E-state index >= 15 is 0 Å². The van der Waals surface area contributed by atoms with Crippen molar-refractivity contribution in [2.45, 2.75) is 17.9 Å². The van der Waals surface area contributed by atoms with Crippen molar-refractivity contribution in [2.24, 2.45) is 0 Å². The molecule has 0 unspecified atom stereocenters. The molecule has 0 fully saturated rings. The second kappa shape index (κ2) is 7.10. The maximum atomic E-state index is 13.6. The van der Waals surface area contributed by atoms with E-state index in [1.165, 1.54) is 36.4 Å². The van der Waals surface area contributed by atoms with E-state index in [1.54, 1.807) is 19.1 Å². The lowest BCUT2D eigenvalue weighted by Gasteiger charge is -2.15. The van der Waals surface area contributed by atoms with E-state index < -0.39 is 33.4 Å². The highest BCUT2D eigenvalue weighted by Gasteiger charge is 2.21. The third-order valence-corrected chi connectivity index (χ3v) is 5.13. The van der Waals surface area contributed by atoms with Gasteiger partial charge < -0.3 is 5.32 Å². The number of sulfone groups is 1. The Kier molecular flexibility index (Phi) is 5.38. The molecular weight excluding hydrogens is 341 g/mol. The van der Waals surface area contributed by atoms with Crippen LogP contribution in [0, 0.1) is 5.82 Å². The highest BCUT2D eigenvalue weighted by atomic mass is 35.5. The molecule has 1 atom stereocenters. The molecule has 1 amide bonds. The summed E-state index contributed by atoms with van der Waals surface area (Å²) in [5.74, 6) is -1.87. The predicted octanol–water partition coefficient (Wildman–Crippen LogP) is 3.13. The molecule has 1 N–H and O–H groups in total. The summed E-state index contributed by atoms with van der Waals surface area (Å²) in [6.45, 7) is 1.59. The Morgan fingerprint density at radius 2 is 1.78 bits per heavy atom. The Morgan fingerprint density at radius 1 is 1.17 bits per heavy atom. The topological polar surface area (TPSA) is 63.2 Å². The van der Waals surface area contributed by atoms with Gasteiger partial charge in [0.15, 0.2) is 9.84 Å². The van der Waals surface area contributed by atoms with Crippen LogP contribution in [0.3, 0.4) is 0 Å². The van der Waals surface area contributed by atoms with Crippen LogP contribution < -0.4 is 5.32 Å². The van der Waals surface area contributed by atoms with Gasteiger partial charge in [-0.2, -0.15) is 0 Å². The fourth-order valence-corrected chi connectivity index (χ4v) is 3.36. The maximum Gasteiger partial charge on any atom is 0.236 e. The monoisotopic (exact) mass is 355 g/mol. The first-order valence-electron chi connectivity index (χ1n) is 6.82. The molecule has 0 radical (unpaired) electrons. The Hall–Kier alpha value is -1.92. The summed E-state index contributed by atoms with van der Waals surface area (Å²) in [7, 11) is -3.78. The number of hydrogen-bond acceptors (Lipinski definition) is 3. The van der Waals surface area contributed by atoms with Crippen LogP contribution in [0.1, 0.15) is 18.5 Å². The van der Waals surface area contributed by atoms with Gasteiger partial charge in [0.2, 0.25) is 5.91 Å². The van der Waals surface area contributed by atoms with Gasteiger partial charge in [-0.25, -0.2) is 12.8 Å². The molecule has 7 heteroatoms. The van der Waals surface area contributed by atoms with Gasteiger partial charge in [-0.15, -0.1) is 0 Å². The summed E-state index contributed by atoms with van der Waals surface area (Å²) in [6, 6.07) is 10.9. The van der Waals surface area contributed by atoms with Crippen LogP contribution in [0.5, 0.6) is 0 Å². The van der Waals surface area contributed by atoms with Crippen molar-refractivity contribution in [3.63, 3.8) is 0 Å². The van der Waals surface area contributed by atoms with Crippen LogP contribution in [0.15, 0.2) is 53.4 Å². The normalized spacial score (nSPS) is 12.7. The molecule has 2 rings (SSSR count). The summed E-state index contributed by atoms with van der Waals surface area (Å²) < 4.78 is 38.0. The number of nitrogens with one attached hydrogen (secondary N) is 1. The van der Waals surface area contributed by atoms with Crippen molar-refractivity contribution in [1.82, 2.24) is 5.32 Å². The van der Waals surface area contributed by atoms with Crippen LogP contribution in [0.4, 0.5) is 4.39 Å². The quantitative estimate of drug-likeness (QED) is 0.896. The molecule has 0 heterocycles. The first-order valence-corrected chi connectivity index (χ1v) is 8.85. The number of rotatable bonds is 5. The Morgan fingerprint density at radius 3 is 2.39 bits per heavy atom. The molecular formula is C16H15ClFNO3S. The molecule has 0 saturated heterocycles. The molecule has 0 aliphatic heterocycles. The lowest BCUT2D eigenvalue weighted by atomic mass is 10.1. The van der Waals surface area contributed by atoms with Crippen molar-refractivity contribution in [3.8, 4) is 0 Å². The van der Waals surface area contributed by atoms with Crippen LogP contribution >= 0.6 is 11.6 Å². The molecule has 2 aromatic carbocycles. The van der Waals surface area contributed by atoms with Crippen molar-refractivity contribution in [1.29, 1.82) is 0 Å². The van der Waals surface area contributed by atoms with Gasteiger partial charge in [0.25, 0.3) is 0 Å². The van der Waals surface area contributed by atoms with Crippen LogP contribution in [0.2, 0.25) is 5.02 Å². The largest absolute Gasteiger partial charge is 0.349 e. The molecule has 0 aliphatic rings. The fraction of sp³-hybridized carbons (Fsp3) is 0.188. The lowest BCUT2D eigenvalue weighted by Crippen LogP contribution is -2.32. The van der Waals surface area contributed by atoms with E-state index in [-0.39, 0.29) is 4.90 Å². The SMILES string of the molecule is C[C@H](NC(=O)CS(=O)(=O)c1ccc(Cl)cc1)c1ccccc1F. The molecule has 0 bridgehead atoms. The number of amides is 1. The van der Waals surface area contributed by atoms with E-state index in [4.69, 9.17) is 11.6 Å². The minimum atomic E-state index is -3.78. The van der Waals surface area contributed by atoms with Crippen LogP contribution in [-0.2, 0) is 14.6 Å². The van der Waals surface area contributed by atoms with E-state index in [0.29, 0.717) is 10.6 Å². The van der Waals surface area contributed by atoms with E-state index in [0.717, 1.165) is 0 Å². The standard InChI is InChI=1S/C16H15ClFNO3S/c1-11(14-4-2-3-5-15(14)18)19-16(20)10-23(21,22)13-8-6-12(17)7-9-13/h2-9,11H,10H2,1H3,(H,19,20)/t11-/m0/s1. The average Bonchev–Trinajstić information content (AvgIpc) is 2.47. The van der Waals surface area contributed by atoms with Crippen molar-refractivity contribution >= 4 is 27.3 Å². The Labute approximate surface area is 139 Å². The molecule has 4 nitrogen and oxygen atoms in total. The van der Waals surface area contributed by atoms with Gasteiger partial charge >= 0.3 is 0 Å². The third-order valence-electron chi connectivity index (χ3n) is 3.24. The molecule has 0 aromatic heterocycles. The summed E-state index contributed by atoms with van der Waals surface area (Å²) in [5, 5.41) is 2.89. The number of benzene rings is 2. The van der Waals surface area contributed by atoms with Crippen LogP contribution in [0.25, 0.3) is 0 Å². The second-order valence-electron chi connectivity index (χ2n) is 5.02. The van der Waals surface area contributed by atoms with Crippen molar-refractivity contribution in [3.05, 3.63) is 64.9 Å². The van der Waals surface area contributed by atoms with Gasteiger partial charge in [0.05, 0.1) is 10.9 Å². The predicted molar refractivity (Wildman–Crippen MR) is 86.5 cm³/mol. The summed E-state index contributed by atoms with van der Waals surface area (Å²) >= 11 is 5.71. The third kappa shape index (κ3) is 4.53. The van der Waals surface area contributed by atoms with Gasteiger partial charge in [-0.1, -0.05) is 29.8 Å². The molecule has 0 saturated carbocycles. The maximum absolute atomic E-state index is 13.6. The smallest absolute Gasteiger partial charge is 0.236 e. The summed E-state index contributed by atoms with van der Waals surface area (Å²) in [6.07, 6.45) is 0. The van der Waals surface area contributed by atoms with E-state index in [9.17, 15) is 17.6 Å². The van der Waals surface area contributed by atoms with Crippen LogP contribution in [-0.4, -0.2) is 20.1 Å². The van der Waals surface area contributed by atoms with Gasteiger partial charge in [-0.3, -0.25) is 4.79 Å². The molecule has 0 spiro atoms. The minimum absolute atomic E-state index is 0.00981. The van der Waals surface area contributed by atoms with Gasteiger partial charge in [0, 0.05) is 10.6 Å². The van der Waals surface area contributed by atoms with Gasteiger partial charge in [0.1, 0.15) is 11.6 Å². The summed E-state index contributed by atoms with van der Waals surface area (Å²) in [4.78, 5) is 12.0. The zero-order valence-electron chi connectivity index (χ0n) is 12.3. The van der Waals surface area contributed by atoms with E-state index in [1.807, 2.05) is 0 Å². The van der Waals surface area contributed by atoms with Gasteiger partial charge in [-0.05, 0) is 37.3 Å². The first kappa shape index (κ1) is 17.4. The number of carbonyl (C=O) groups excluding carboxylic acids is 1. The molecule has 122 valence electrons. The molecule has 0 aliphatic carbocycles. The fourth-order valence-electron chi connectivity index (χ4n) is 2.09. The average molecular weight is 356 g/mol. The highest BCUT2D eigenvalue weighted by molar-refractivity contribution is 7.92. The number of halogens is 2. The number of hydrogen-bond donors (Lipinski definition) is 1. The number of carbonyl (C=O) groups is 1. The Balaban J connectivity index is 2.07. The minimum Gasteiger partial charge on any atom is -0.349 e. The van der Waals surface area contributed by atoms with Crippen molar-refractivity contribution < 1.29 is 17.6 Å². The second-order valence-corrected chi connectivity index (χ2v) is 7.45.